The summed E-state index contributed by atoms with van der Waals surface area (Å²) >= 11 is 0. The number of nitrogens with zero attached hydrogens (tertiary/aromatic N) is 1. The molecule has 0 saturated carbocycles. The number of rotatable bonds is 6. The lowest BCUT2D eigenvalue weighted by Crippen LogP contribution is -2.50. The molecular formula is C30H39NO5. The van der Waals surface area contributed by atoms with Crippen LogP contribution in [0.2, 0.25) is 0 Å². The molecule has 36 heavy (non-hydrogen) atoms. The zero-order chi connectivity index (χ0) is 26.5. The maximum atomic E-state index is 13.0. The zero-order valence-corrected chi connectivity index (χ0v) is 22.6. The van der Waals surface area contributed by atoms with Crippen LogP contribution in [0.4, 0.5) is 0 Å². The number of hydrogen-bond donors (Lipinski definition) is 0. The summed E-state index contributed by atoms with van der Waals surface area (Å²) in [4.78, 5) is 27.6. The predicted molar refractivity (Wildman–Crippen MR) is 141 cm³/mol. The van der Waals surface area contributed by atoms with Crippen molar-refractivity contribution < 1.29 is 23.8 Å². The Labute approximate surface area is 215 Å². The lowest BCUT2D eigenvalue weighted by molar-refractivity contribution is -0.140. The van der Waals surface area contributed by atoms with Crippen molar-refractivity contribution in [2.75, 3.05) is 13.7 Å². The maximum Gasteiger partial charge on any atom is 0.343 e. The van der Waals surface area contributed by atoms with Crippen molar-refractivity contribution in [2.45, 2.75) is 73.1 Å². The molecule has 0 amide bonds. The molecule has 6 heteroatoms. The van der Waals surface area contributed by atoms with Gasteiger partial charge in [-0.2, -0.15) is 0 Å². The quantitative estimate of drug-likeness (QED) is 0.361. The summed E-state index contributed by atoms with van der Waals surface area (Å²) in [7, 11) is 1.63. The summed E-state index contributed by atoms with van der Waals surface area (Å²) in [5.74, 6) is 0.586. The summed E-state index contributed by atoms with van der Waals surface area (Å²) in [6, 6.07) is 14.0. The molecule has 2 aromatic carbocycles. The van der Waals surface area contributed by atoms with Crippen LogP contribution >= 0.6 is 0 Å². The van der Waals surface area contributed by atoms with Crippen molar-refractivity contribution in [3.63, 3.8) is 0 Å². The lowest BCUT2D eigenvalue weighted by atomic mass is 9.74. The molecule has 0 aromatic heterocycles. The first kappa shape index (κ1) is 27.3. The highest BCUT2D eigenvalue weighted by molar-refractivity contribution is 6.17. The van der Waals surface area contributed by atoms with Crippen molar-refractivity contribution in [2.24, 2.45) is 5.41 Å². The standard InChI is InChI=1S/C28H33NO5.C2H6/c1-6-33-27(31)21-16-29-22(15-23(21)30)20-14-24(32-5)25(34-17-18-10-8-7-9-11-18)12-19(20)13-26(29)28(2,3)4;1-2/h7-12,14,16,22,26H,6,13,15,17H2,1-5H3;1-2H3. The van der Waals surface area contributed by atoms with E-state index in [1.807, 2.05) is 50.2 Å². The van der Waals surface area contributed by atoms with E-state index in [0.29, 0.717) is 18.1 Å². The van der Waals surface area contributed by atoms with Crippen LogP contribution in [0.25, 0.3) is 0 Å². The van der Waals surface area contributed by atoms with Gasteiger partial charge in [-0.1, -0.05) is 65.0 Å². The molecule has 2 unspecified atom stereocenters. The van der Waals surface area contributed by atoms with E-state index in [1.165, 1.54) is 0 Å². The summed E-state index contributed by atoms with van der Waals surface area (Å²) in [6.45, 7) is 13.0. The molecule has 0 spiro atoms. The Hall–Kier alpha value is -3.28. The van der Waals surface area contributed by atoms with Crippen LogP contribution in [0.15, 0.2) is 54.2 Å². The number of carbonyl (C=O) groups is 2. The molecule has 0 saturated heterocycles. The highest BCUT2D eigenvalue weighted by atomic mass is 16.5. The van der Waals surface area contributed by atoms with E-state index < -0.39 is 5.97 Å². The normalized spacial score (nSPS) is 18.7. The van der Waals surface area contributed by atoms with Crippen molar-refractivity contribution in [3.05, 3.63) is 70.9 Å². The fourth-order valence-electron chi connectivity index (χ4n) is 4.83. The fourth-order valence-corrected chi connectivity index (χ4v) is 4.83. The van der Waals surface area contributed by atoms with Crippen LogP contribution < -0.4 is 9.47 Å². The molecule has 2 heterocycles. The first-order valence-electron chi connectivity index (χ1n) is 12.8. The first-order valence-corrected chi connectivity index (χ1v) is 12.8. The number of ketones is 1. The topological polar surface area (TPSA) is 65.1 Å². The Morgan fingerprint density at radius 3 is 2.36 bits per heavy atom. The lowest BCUT2D eigenvalue weighted by Gasteiger charge is -2.50. The van der Waals surface area contributed by atoms with Gasteiger partial charge >= 0.3 is 5.97 Å². The molecule has 0 aliphatic carbocycles. The smallest absolute Gasteiger partial charge is 0.343 e. The SMILES string of the molecule is CC.CCOC(=O)C1=CN2C(CC1=O)c1cc(OC)c(OCc3ccccc3)cc1CC2C(C)(C)C. The van der Waals surface area contributed by atoms with Crippen LogP contribution in [-0.2, 0) is 27.4 Å². The fraction of sp³-hybridized carbons (Fsp3) is 0.467. The molecule has 0 radical (unpaired) electrons. The largest absolute Gasteiger partial charge is 0.493 e. The van der Waals surface area contributed by atoms with Gasteiger partial charge < -0.3 is 19.1 Å². The predicted octanol–water partition coefficient (Wildman–Crippen LogP) is 6.03. The van der Waals surface area contributed by atoms with Crippen molar-refractivity contribution in [1.29, 1.82) is 0 Å². The van der Waals surface area contributed by atoms with Crippen LogP contribution in [0.1, 0.15) is 70.7 Å². The van der Waals surface area contributed by atoms with Gasteiger partial charge in [-0.3, -0.25) is 4.79 Å². The highest BCUT2D eigenvalue weighted by Gasteiger charge is 2.44. The molecule has 0 bridgehead atoms. The molecular weight excluding hydrogens is 454 g/mol. The Morgan fingerprint density at radius 2 is 1.75 bits per heavy atom. The van der Waals surface area contributed by atoms with E-state index in [9.17, 15) is 9.59 Å². The van der Waals surface area contributed by atoms with E-state index in [0.717, 1.165) is 23.1 Å². The van der Waals surface area contributed by atoms with Gasteiger partial charge in [0.2, 0.25) is 0 Å². The van der Waals surface area contributed by atoms with Crippen LogP contribution in [0.3, 0.4) is 0 Å². The second-order valence-electron chi connectivity index (χ2n) is 9.92. The van der Waals surface area contributed by atoms with Crippen LogP contribution in [-0.4, -0.2) is 36.4 Å². The Bertz CT molecular complexity index is 1100. The van der Waals surface area contributed by atoms with E-state index in [1.54, 1.807) is 20.2 Å². The van der Waals surface area contributed by atoms with Gasteiger partial charge in [0.1, 0.15) is 12.2 Å². The van der Waals surface area contributed by atoms with E-state index in [4.69, 9.17) is 14.2 Å². The minimum absolute atomic E-state index is 0.0857. The Kier molecular flexibility index (Phi) is 8.83. The average molecular weight is 494 g/mol. The minimum atomic E-state index is -0.549. The van der Waals surface area contributed by atoms with Crippen LogP contribution in [0.5, 0.6) is 11.5 Å². The van der Waals surface area contributed by atoms with Crippen molar-refractivity contribution >= 4 is 11.8 Å². The average Bonchev–Trinajstić information content (AvgIpc) is 2.87. The number of ether oxygens (including phenoxy) is 3. The zero-order valence-electron chi connectivity index (χ0n) is 22.6. The molecule has 2 atom stereocenters. The highest BCUT2D eigenvalue weighted by Crippen LogP contribution is 2.47. The van der Waals surface area contributed by atoms with E-state index in [2.05, 4.69) is 31.7 Å². The number of methoxy groups -OCH3 is 1. The summed E-state index contributed by atoms with van der Waals surface area (Å²) in [6.07, 6.45) is 2.71. The van der Waals surface area contributed by atoms with Gasteiger partial charge in [0.25, 0.3) is 0 Å². The molecule has 6 nitrogen and oxygen atoms in total. The molecule has 0 N–H and O–H groups in total. The molecule has 0 fully saturated rings. The molecule has 4 rings (SSSR count). The van der Waals surface area contributed by atoms with Gasteiger partial charge in [0.05, 0.1) is 19.8 Å². The number of Topliss-reactive ketones (excluding diaryl/α,β-unsaturated/α-hetero) is 1. The molecule has 194 valence electrons. The third-order valence-corrected chi connectivity index (χ3v) is 6.61. The number of hydrogen-bond acceptors (Lipinski definition) is 6. The first-order chi connectivity index (χ1) is 17.2. The number of carbonyl (C=O) groups excluding carboxylic acids is 2. The summed E-state index contributed by atoms with van der Waals surface area (Å²) in [5.41, 5.74) is 3.31. The van der Waals surface area contributed by atoms with Gasteiger partial charge in [0, 0.05) is 18.7 Å². The summed E-state index contributed by atoms with van der Waals surface area (Å²) < 4.78 is 17.0. The minimum Gasteiger partial charge on any atom is -0.493 e. The number of benzene rings is 2. The van der Waals surface area contributed by atoms with Gasteiger partial charge in [0.15, 0.2) is 17.3 Å². The Morgan fingerprint density at radius 1 is 1.06 bits per heavy atom. The van der Waals surface area contributed by atoms with Gasteiger partial charge in [-0.05, 0) is 47.6 Å². The van der Waals surface area contributed by atoms with Crippen molar-refractivity contribution in [1.82, 2.24) is 4.90 Å². The maximum absolute atomic E-state index is 13.0. The number of esters is 1. The Balaban J connectivity index is 0.00000176. The second-order valence-corrected chi connectivity index (χ2v) is 9.92. The molecule has 2 aliphatic rings. The number of fused-ring (bicyclic) bond motifs is 3. The van der Waals surface area contributed by atoms with Gasteiger partial charge in [-0.15, -0.1) is 0 Å². The summed E-state index contributed by atoms with van der Waals surface area (Å²) in [5, 5.41) is 0. The van der Waals surface area contributed by atoms with E-state index in [-0.39, 0.29) is 41.9 Å². The van der Waals surface area contributed by atoms with Crippen LogP contribution in [0, 0.1) is 5.41 Å². The molecule has 2 aromatic rings. The van der Waals surface area contributed by atoms with Crippen molar-refractivity contribution in [3.8, 4) is 11.5 Å². The van der Waals surface area contributed by atoms with E-state index >= 15 is 0 Å². The molecule has 2 aliphatic heterocycles. The monoisotopic (exact) mass is 493 g/mol. The second kappa shape index (κ2) is 11.6. The third kappa shape index (κ3) is 5.75. The third-order valence-electron chi connectivity index (χ3n) is 6.61. The van der Waals surface area contributed by atoms with Gasteiger partial charge in [-0.25, -0.2) is 4.79 Å².